The molecule has 1 aromatic heterocycles. The van der Waals surface area contributed by atoms with Gasteiger partial charge in [0.25, 0.3) is 0 Å². The summed E-state index contributed by atoms with van der Waals surface area (Å²) in [6, 6.07) is 0.187. The second kappa shape index (κ2) is 5.25. The fraction of sp³-hybridized carbons (Fsp3) is 0.375. The summed E-state index contributed by atoms with van der Waals surface area (Å²) < 4.78 is 5.07. The number of hydrogen-bond donors (Lipinski definition) is 1. The first-order chi connectivity index (χ1) is 6.76. The van der Waals surface area contributed by atoms with Gasteiger partial charge in [-0.1, -0.05) is 5.92 Å². The van der Waals surface area contributed by atoms with E-state index in [2.05, 4.69) is 26.2 Å². The summed E-state index contributed by atoms with van der Waals surface area (Å²) in [6.07, 6.45) is 5.06. The van der Waals surface area contributed by atoms with Crippen LogP contribution in [0.25, 0.3) is 0 Å². The largest absolute Gasteiger partial charge is 0.464 e. The van der Waals surface area contributed by atoms with Gasteiger partial charge in [0.05, 0.1) is 13.2 Å². The number of ether oxygens (including phenoxy) is 1. The van der Waals surface area contributed by atoms with E-state index in [-0.39, 0.29) is 11.3 Å². The van der Waals surface area contributed by atoms with E-state index >= 15 is 0 Å². The molecule has 0 radical (unpaired) electrons. The normalized spacial score (nSPS) is 9.21. The summed E-state index contributed by atoms with van der Waals surface area (Å²) in [5.74, 6) is 2.70. The van der Waals surface area contributed by atoms with E-state index in [0.29, 0.717) is 19.1 Å². The standard InChI is InChI=1S/C8H9ClN4O/c1-3-5-10-7-11-6(9)12-8(13-7)14-4-2/h1H,4-5H2,2H3,(H,10,11,12,13). The summed E-state index contributed by atoms with van der Waals surface area (Å²) in [7, 11) is 0. The van der Waals surface area contributed by atoms with Crippen molar-refractivity contribution in [3.63, 3.8) is 0 Å². The SMILES string of the molecule is C#CCNc1nc(Cl)nc(OCC)n1. The monoisotopic (exact) mass is 212 g/mol. The summed E-state index contributed by atoms with van der Waals surface area (Å²) in [4.78, 5) is 11.5. The Morgan fingerprint density at radius 3 is 2.93 bits per heavy atom. The summed E-state index contributed by atoms with van der Waals surface area (Å²) >= 11 is 5.63. The molecule has 6 heteroatoms. The third-order valence-corrected chi connectivity index (χ3v) is 1.38. The molecular formula is C8H9ClN4O. The summed E-state index contributed by atoms with van der Waals surface area (Å²) in [5.41, 5.74) is 0. The van der Waals surface area contributed by atoms with Crippen LogP contribution < -0.4 is 10.1 Å². The van der Waals surface area contributed by atoms with Gasteiger partial charge in [-0.3, -0.25) is 0 Å². The number of nitrogens with zero attached hydrogens (tertiary/aromatic N) is 3. The predicted molar refractivity (Wildman–Crippen MR) is 53.3 cm³/mol. The van der Waals surface area contributed by atoms with Gasteiger partial charge in [-0.2, -0.15) is 15.0 Å². The molecule has 0 bridgehead atoms. The van der Waals surface area contributed by atoms with Gasteiger partial charge in [-0.25, -0.2) is 0 Å². The highest BCUT2D eigenvalue weighted by Gasteiger charge is 2.03. The minimum absolute atomic E-state index is 0.0722. The topological polar surface area (TPSA) is 59.9 Å². The van der Waals surface area contributed by atoms with Crippen molar-refractivity contribution in [1.82, 2.24) is 15.0 Å². The first kappa shape index (κ1) is 10.5. The van der Waals surface area contributed by atoms with Crippen LogP contribution in [0.5, 0.6) is 6.01 Å². The molecule has 0 spiro atoms. The first-order valence-corrected chi connectivity index (χ1v) is 4.35. The molecular weight excluding hydrogens is 204 g/mol. The third-order valence-electron chi connectivity index (χ3n) is 1.21. The average molecular weight is 213 g/mol. The Labute approximate surface area is 86.9 Å². The van der Waals surface area contributed by atoms with Crippen molar-refractivity contribution < 1.29 is 4.74 Å². The lowest BCUT2D eigenvalue weighted by Gasteiger charge is -2.03. The van der Waals surface area contributed by atoms with Crippen molar-refractivity contribution in [2.24, 2.45) is 0 Å². The maximum atomic E-state index is 5.63. The van der Waals surface area contributed by atoms with Crippen molar-refractivity contribution in [2.75, 3.05) is 18.5 Å². The highest BCUT2D eigenvalue weighted by molar-refractivity contribution is 6.28. The fourth-order valence-corrected chi connectivity index (χ4v) is 0.887. The van der Waals surface area contributed by atoms with Gasteiger partial charge in [-0.05, 0) is 18.5 Å². The molecule has 0 saturated heterocycles. The zero-order valence-electron chi connectivity index (χ0n) is 7.62. The lowest BCUT2D eigenvalue weighted by molar-refractivity contribution is 0.312. The quantitative estimate of drug-likeness (QED) is 0.754. The molecule has 0 saturated carbocycles. The highest BCUT2D eigenvalue weighted by Crippen LogP contribution is 2.10. The minimum Gasteiger partial charge on any atom is -0.464 e. The van der Waals surface area contributed by atoms with Crippen molar-refractivity contribution >= 4 is 17.5 Å². The number of anilines is 1. The predicted octanol–water partition coefficient (Wildman–Crippen LogP) is 0.969. The molecule has 0 aliphatic rings. The lowest BCUT2D eigenvalue weighted by Crippen LogP contribution is -2.07. The molecule has 0 aliphatic heterocycles. The second-order valence-electron chi connectivity index (χ2n) is 2.20. The van der Waals surface area contributed by atoms with E-state index < -0.39 is 0 Å². The molecule has 0 fully saturated rings. The Balaban J connectivity index is 2.79. The van der Waals surface area contributed by atoms with Gasteiger partial charge in [0.2, 0.25) is 11.2 Å². The number of nitrogens with one attached hydrogen (secondary N) is 1. The van der Waals surface area contributed by atoms with Crippen LogP contribution in [0.4, 0.5) is 5.95 Å². The molecule has 1 N–H and O–H groups in total. The summed E-state index contributed by atoms with van der Waals surface area (Å²) in [6.45, 7) is 2.62. The average Bonchev–Trinajstić information content (AvgIpc) is 2.14. The van der Waals surface area contributed by atoms with Gasteiger partial charge >= 0.3 is 6.01 Å². The van der Waals surface area contributed by atoms with E-state index in [4.69, 9.17) is 22.8 Å². The zero-order valence-corrected chi connectivity index (χ0v) is 8.38. The Kier molecular flexibility index (Phi) is 3.95. The fourth-order valence-electron chi connectivity index (χ4n) is 0.735. The van der Waals surface area contributed by atoms with Crippen LogP contribution in [0, 0.1) is 12.3 Å². The highest BCUT2D eigenvalue weighted by atomic mass is 35.5. The van der Waals surface area contributed by atoms with Crippen molar-refractivity contribution in [3.05, 3.63) is 5.28 Å². The molecule has 5 nitrogen and oxygen atoms in total. The number of halogens is 1. The van der Waals surface area contributed by atoms with Crippen molar-refractivity contribution in [3.8, 4) is 18.4 Å². The van der Waals surface area contributed by atoms with Crippen LogP contribution in [0.15, 0.2) is 0 Å². The van der Waals surface area contributed by atoms with E-state index in [1.54, 1.807) is 0 Å². The Hall–Kier alpha value is -1.54. The lowest BCUT2D eigenvalue weighted by atomic mass is 10.7. The molecule has 0 aromatic carbocycles. The number of terminal acetylenes is 1. The number of aromatic nitrogens is 3. The molecule has 0 amide bonds. The molecule has 1 aromatic rings. The van der Waals surface area contributed by atoms with Crippen LogP contribution in [-0.4, -0.2) is 28.1 Å². The number of rotatable bonds is 4. The van der Waals surface area contributed by atoms with Crippen LogP contribution in [0.2, 0.25) is 5.28 Å². The summed E-state index contributed by atoms with van der Waals surface area (Å²) in [5, 5.41) is 2.84. The molecule has 14 heavy (non-hydrogen) atoms. The van der Waals surface area contributed by atoms with E-state index in [1.807, 2.05) is 6.92 Å². The van der Waals surface area contributed by atoms with Crippen LogP contribution in [0.3, 0.4) is 0 Å². The minimum atomic E-state index is 0.0722. The molecule has 1 heterocycles. The van der Waals surface area contributed by atoms with Crippen LogP contribution in [-0.2, 0) is 0 Å². The van der Waals surface area contributed by atoms with E-state index in [1.165, 1.54) is 0 Å². The first-order valence-electron chi connectivity index (χ1n) is 3.98. The van der Waals surface area contributed by atoms with Crippen LogP contribution >= 0.6 is 11.6 Å². The Morgan fingerprint density at radius 2 is 2.29 bits per heavy atom. The maximum absolute atomic E-state index is 5.63. The molecule has 74 valence electrons. The van der Waals surface area contributed by atoms with Crippen molar-refractivity contribution in [2.45, 2.75) is 6.92 Å². The van der Waals surface area contributed by atoms with Crippen molar-refractivity contribution in [1.29, 1.82) is 0 Å². The smallest absolute Gasteiger partial charge is 0.322 e. The maximum Gasteiger partial charge on any atom is 0.322 e. The van der Waals surface area contributed by atoms with Gasteiger partial charge < -0.3 is 10.1 Å². The number of hydrogen-bond acceptors (Lipinski definition) is 5. The van der Waals surface area contributed by atoms with Gasteiger partial charge in [0, 0.05) is 0 Å². The second-order valence-corrected chi connectivity index (χ2v) is 2.54. The van der Waals surface area contributed by atoms with E-state index in [9.17, 15) is 0 Å². The van der Waals surface area contributed by atoms with Gasteiger partial charge in [0.15, 0.2) is 0 Å². The Bertz CT molecular complexity index is 350. The molecule has 0 atom stereocenters. The molecule has 0 aliphatic carbocycles. The molecule has 1 rings (SSSR count). The molecule has 0 unspecified atom stereocenters. The van der Waals surface area contributed by atoms with Gasteiger partial charge in [-0.15, -0.1) is 6.42 Å². The zero-order chi connectivity index (χ0) is 10.4. The third kappa shape index (κ3) is 3.07. The Morgan fingerprint density at radius 1 is 1.50 bits per heavy atom. The van der Waals surface area contributed by atoms with Crippen LogP contribution in [0.1, 0.15) is 6.92 Å². The van der Waals surface area contributed by atoms with Gasteiger partial charge in [0.1, 0.15) is 0 Å². The van der Waals surface area contributed by atoms with E-state index in [0.717, 1.165) is 0 Å².